The van der Waals surface area contributed by atoms with E-state index in [2.05, 4.69) is 0 Å². The molecule has 4 heteroatoms. The van der Waals surface area contributed by atoms with Crippen LogP contribution >= 0.6 is 0 Å². The van der Waals surface area contributed by atoms with E-state index in [4.69, 9.17) is 0 Å². The Hall–Kier alpha value is -1.84. The lowest BCUT2D eigenvalue weighted by atomic mass is 9.97. The highest BCUT2D eigenvalue weighted by molar-refractivity contribution is 5.97. The molecule has 3 rings (SSSR count). The summed E-state index contributed by atoms with van der Waals surface area (Å²) in [6.45, 7) is 4.74. The largest absolute Gasteiger partial charge is 0.329 e. The minimum atomic E-state index is -0.318. The fourth-order valence-electron chi connectivity index (χ4n) is 3.65. The number of benzene rings is 1. The Morgan fingerprint density at radius 3 is 2.57 bits per heavy atom. The average molecular weight is 286 g/mol. The molecule has 1 aromatic carbocycles. The standard InChI is InChI=1S/C17H22N2O2/c1-3-14-16(20)18-11-7-10-15(18)17(21)19(14)12(2)13-8-5-4-6-9-13/h4-6,8-9,12,14-15H,3,7,10-11H2,1-2H3. The van der Waals surface area contributed by atoms with Gasteiger partial charge < -0.3 is 9.80 Å². The molecule has 21 heavy (non-hydrogen) atoms. The Morgan fingerprint density at radius 1 is 1.19 bits per heavy atom. The molecule has 0 saturated carbocycles. The maximum atomic E-state index is 12.9. The quantitative estimate of drug-likeness (QED) is 0.856. The van der Waals surface area contributed by atoms with Crippen molar-refractivity contribution in [2.24, 2.45) is 0 Å². The first kappa shape index (κ1) is 14.1. The molecule has 2 amide bonds. The van der Waals surface area contributed by atoms with E-state index >= 15 is 0 Å². The summed E-state index contributed by atoms with van der Waals surface area (Å²) < 4.78 is 0. The molecule has 2 fully saturated rings. The molecule has 0 N–H and O–H groups in total. The van der Waals surface area contributed by atoms with Gasteiger partial charge >= 0.3 is 0 Å². The Bertz CT molecular complexity index is 543. The summed E-state index contributed by atoms with van der Waals surface area (Å²) >= 11 is 0. The van der Waals surface area contributed by atoms with Gasteiger partial charge in [0.25, 0.3) is 0 Å². The van der Waals surface area contributed by atoms with Gasteiger partial charge in [-0.25, -0.2) is 0 Å². The first-order valence-corrected chi connectivity index (χ1v) is 7.82. The van der Waals surface area contributed by atoms with Crippen molar-refractivity contribution in [2.75, 3.05) is 6.54 Å². The summed E-state index contributed by atoms with van der Waals surface area (Å²) in [5.74, 6) is 0.248. The number of hydrogen-bond donors (Lipinski definition) is 0. The second-order valence-corrected chi connectivity index (χ2v) is 5.95. The van der Waals surface area contributed by atoms with Gasteiger partial charge in [0.2, 0.25) is 11.8 Å². The fourth-order valence-corrected chi connectivity index (χ4v) is 3.65. The van der Waals surface area contributed by atoms with E-state index in [1.807, 2.05) is 49.1 Å². The number of carbonyl (C=O) groups excluding carboxylic acids is 2. The van der Waals surface area contributed by atoms with E-state index in [0.717, 1.165) is 24.9 Å². The van der Waals surface area contributed by atoms with Gasteiger partial charge in [0, 0.05) is 6.54 Å². The van der Waals surface area contributed by atoms with Crippen LogP contribution in [0.4, 0.5) is 0 Å². The molecule has 0 aliphatic carbocycles. The normalized spacial score (nSPS) is 27.0. The molecule has 3 atom stereocenters. The topological polar surface area (TPSA) is 40.6 Å². The molecule has 0 radical (unpaired) electrons. The van der Waals surface area contributed by atoms with Gasteiger partial charge in [-0.3, -0.25) is 9.59 Å². The summed E-state index contributed by atoms with van der Waals surface area (Å²) in [5.41, 5.74) is 1.09. The van der Waals surface area contributed by atoms with Crippen molar-refractivity contribution in [2.45, 2.75) is 51.2 Å². The van der Waals surface area contributed by atoms with Crippen LogP contribution in [0, 0.1) is 0 Å². The van der Waals surface area contributed by atoms with E-state index in [9.17, 15) is 9.59 Å². The molecule has 4 nitrogen and oxygen atoms in total. The molecular formula is C17H22N2O2. The summed E-state index contributed by atoms with van der Waals surface area (Å²) in [7, 11) is 0. The lowest BCUT2D eigenvalue weighted by Gasteiger charge is -2.45. The van der Waals surface area contributed by atoms with Crippen molar-refractivity contribution in [1.82, 2.24) is 9.80 Å². The number of fused-ring (bicyclic) bond motifs is 1. The van der Waals surface area contributed by atoms with Crippen LogP contribution in [-0.2, 0) is 9.59 Å². The second kappa shape index (κ2) is 5.51. The predicted molar refractivity (Wildman–Crippen MR) is 80.5 cm³/mol. The SMILES string of the molecule is CCC1C(=O)N2CCCC2C(=O)N1C(C)c1ccccc1. The van der Waals surface area contributed by atoms with Crippen molar-refractivity contribution in [1.29, 1.82) is 0 Å². The third-order valence-electron chi connectivity index (χ3n) is 4.78. The lowest BCUT2D eigenvalue weighted by molar-refractivity contribution is -0.162. The average Bonchev–Trinajstić information content (AvgIpc) is 3.01. The minimum Gasteiger partial charge on any atom is -0.329 e. The number of rotatable bonds is 3. The highest BCUT2D eigenvalue weighted by atomic mass is 16.2. The maximum Gasteiger partial charge on any atom is 0.246 e. The maximum absolute atomic E-state index is 12.9. The molecule has 112 valence electrons. The van der Waals surface area contributed by atoms with Gasteiger partial charge in [0.1, 0.15) is 12.1 Å². The summed E-state index contributed by atoms with van der Waals surface area (Å²) in [6.07, 6.45) is 2.41. The van der Waals surface area contributed by atoms with Crippen LogP contribution in [0.1, 0.15) is 44.7 Å². The van der Waals surface area contributed by atoms with E-state index in [-0.39, 0.29) is 29.9 Å². The van der Waals surface area contributed by atoms with E-state index < -0.39 is 0 Å². The fraction of sp³-hybridized carbons (Fsp3) is 0.529. The van der Waals surface area contributed by atoms with Crippen LogP contribution in [0.5, 0.6) is 0 Å². The summed E-state index contributed by atoms with van der Waals surface area (Å²) in [4.78, 5) is 29.2. The molecule has 3 unspecified atom stereocenters. The minimum absolute atomic E-state index is 0.0599. The van der Waals surface area contributed by atoms with Crippen LogP contribution in [0.3, 0.4) is 0 Å². The Morgan fingerprint density at radius 2 is 1.90 bits per heavy atom. The number of amides is 2. The number of piperazine rings is 1. The van der Waals surface area contributed by atoms with Gasteiger partial charge in [-0.15, -0.1) is 0 Å². The van der Waals surface area contributed by atoms with Crippen LogP contribution in [0.2, 0.25) is 0 Å². The van der Waals surface area contributed by atoms with Crippen molar-refractivity contribution in [3.8, 4) is 0 Å². The van der Waals surface area contributed by atoms with Gasteiger partial charge in [0.15, 0.2) is 0 Å². The van der Waals surface area contributed by atoms with Gasteiger partial charge in [-0.2, -0.15) is 0 Å². The van der Waals surface area contributed by atoms with Gasteiger partial charge in [-0.1, -0.05) is 37.3 Å². The Labute approximate surface area is 125 Å². The molecule has 1 aromatic rings. The molecule has 0 spiro atoms. The molecule has 2 heterocycles. The number of nitrogens with zero attached hydrogens (tertiary/aromatic N) is 2. The molecule has 2 saturated heterocycles. The third-order valence-corrected chi connectivity index (χ3v) is 4.78. The zero-order chi connectivity index (χ0) is 15.0. The zero-order valence-electron chi connectivity index (χ0n) is 12.7. The van der Waals surface area contributed by atoms with E-state index in [0.29, 0.717) is 6.42 Å². The van der Waals surface area contributed by atoms with E-state index in [1.165, 1.54) is 0 Å². The molecular weight excluding hydrogens is 264 g/mol. The number of carbonyl (C=O) groups is 2. The Kier molecular flexibility index (Phi) is 3.70. The summed E-state index contributed by atoms with van der Waals surface area (Å²) in [5, 5.41) is 0. The first-order chi connectivity index (χ1) is 10.1. The summed E-state index contributed by atoms with van der Waals surface area (Å²) in [6, 6.07) is 9.36. The molecule has 0 bridgehead atoms. The lowest BCUT2D eigenvalue weighted by Crippen LogP contribution is -2.62. The number of hydrogen-bond acceptors (Lipinski definition) is 2. The highest BCUT2D eigenvalue weighted by Gasteiger charge is 2.48. The van der Waals surface area contributed by atoms with Crippen LogP contribution in [0.25, 0.3) is 0 Å². The highest BCUT2D eigenvalue weighted by Crippen LogP contribution is 2.33. The van der Waals surface area contributed by atoms with Crippen LogP contribution in [0.15, 0.2) is 30.3 Å². The predicted octanol–water partition coefficient (Wildman–Crippen LogP) is 2.36. The first-order valence-electron chi connectivity index (χ1n) is 7.82. The monoisotopic (exact) mass is 286 g/mol. The smallest absolute Gasteiger partial charge is 0.246 e. The van der Waals surface area contributed by atoms with Crippen molar-refractivity contribution in [3.05, 3.63) is 35.9 Å². The van der Waals surface area contributed by atoms with Crippen LogP contribution in [-0.4, -0.2) is 40.2 Å². The van der Waals surface area contributed by atoms with Crippen molar-refractivity contribution in [3.63, 3.8) is 0 Å². The van der Waals surface area contributed by atoms with E-state index in [1.54, 1.807) is 4.90 Å². The van der Waals surface area contributed by atoms with Gasteiger partial charge in [-0.05, 0) is 31.7 Å². The molecule has 2 aliphatic heterocycles. The molecule has 2 aliphatic rings. The zero-order valence-corrected chi connectivity index (χ0v) is 12.7. The molecule has 0 aromatic heterocycles. The Balaban J connectivity index is 1.95. The third kappa shape index (κ3) is 2.23. The van der Waals surface area contributed by atoms with Crippen molar-refractivity contribution >= 4 is 11.8 Å². The van der Waals surface area contributed by atoms with Gasteiger partial charge in [0.05, 0.1) is 6.04 Å². The van der Waals surface area contributed by atoms with Crippen LogP contribution < -0.4 is 0 Å². The van der Waals surface area contributed by atoms with Crippen molar-refractivity contribution < 1.29 is 9.59 Å². The second-order valence-electron chi connectivity index (χ2n) is 5.95.